The summed E-state index contributed by atoms with van der Waals surface area (Å²) in [5.74, 6) is 0.716. The molecule has 0 bridgehead atoms. The van der Waals surface area contributed by atoms with Crippen LogP contribution in [0.4, 0.5) is 0 Å². The van der Waals surface area contributed by atoms with Crippen LogP contribution in [0.15, 0.2) is 43.1 Å². The number of nitrogens with zero attached hydrogens (tertiary/aromatic N) is 4. The Bertz CT molecular complexity index is 853. The van der Waals surface area contributed by atoms with Crippen molar-refractivity contribution >= 4 is 11.6 Å². The quantitative estimate of drug-likeness (QED) is 0.792. The first-order chi connectivity index (χ1) is 11.2. The number of hydrogen-bond donors (Lipinski definition) is 1. The number of amides is 1. The van der Waals surface area contributed by atoms with Gasteiger partial charge in [0, 0.05) is 44.6 Å². The van der Waals surface area contributed by atoms with Crippen LogP contribution in [-0.2, 0) is 11.8 Å². The minimum absolute atomic E-state index is 0.0814. The molecular weight excluding hydrogens is 294 g/mol. The summed E-state index contributed by atoms with van der Waals surface area (Å²) in [6.45, 7) is 0.614. The van der Waals surface area contributed by atoms with Gasteiger partial charge < -0.3 is 19.0 Å². The molecule has 2 atom stereocenters. The second-order valence-corrected chi connectivity index (χ2v) is 5.67. The van der Waals surface area contributed by atoms with E-state index in [4.69, 9.17) is 4.74 Å². The first-order valence-corrected chi connectivity index (χ1v) is 7.55. The van der Waals surface area contributed by atoms with E-state index >= 15 is 0 Å². The lowest BCUT2D eigenvalue weighted by Gasteiger charge is -2.19. The molecule has 1 amide bonds. The van der Waals surface area contributed by atoms with Crippen LogP contribution < -0.4 is 5.32 Å². The van der Waals surface area contributed by atoms with Crippen LogP contribution in [-0.4, -0.2) is 37.5 Å². The molecule has 23 heavy (non-hydrogen) atoms. The number of rotatable bonds is 3. The standard InChI is InChI=1S/C16H17N5O2/c1-20-7-5-18-15(20)14-12(4-9-23-14)19-16(22)11-2-3-13-17-6-8-21(13)10-11/h2-3,5-8,10,12,14H,4,9H2,1H3,(H,19,22)/t12-,14-/m0/s1. The molecule has 1 aliphatic heterocycles. The van der Waals surface area contributed by atoms with Gasteiger partial charge in [-0.25, -0.2) is 9.97 Å². The molecule has 0 aromatic carbocycles. The van der Waals surface area contributed by atoms with E-state index in [1.165, 1.54) is 0 Å². The van der Waals surface area contributed by atoms with Crippen molar-refractivity contribution in [3.05, 3.63) is 54.5 Å². The lowest BCUT2D eigenvalue weighted by Crippen LogP contribution is -2.37. The monoisotopic (exact) mass is 311 g/mol. The number of hydrogen-bond acceptors (Lipinski definition) is 4. The van der Waals surface area contributed by atoms with Gasteiger partial charge in [-0.3, -0.25) is 4.79 Å². The molecule has 118 valence electrons. The Labute approximate surface area is 132 Å². The minimum atomic E-state index is -0.212. The number of pyridine rings is 1. The Morgan fingerprint density at radius 2 is 2.17 bits per heavy atom. The molecule has 3 aromatic heterocycles. The molecule has 3 aromatic rings. The van der Waals surface area contributed by atoms with Crippen molar-refractivity contribution in [3.8, 4) is 0 Å². The molecule has 0 spiro atoms. The van der Waals surface area contributed by atoms with Crippen LogP contribution in [0.5, 0.6) is 0 Å². The molecule has 1 fully saturated rings. The van der Waals surface area contributed by atoms with Crippen LogP contribution in [0, 0.1) is 0 Å². The zero-order valence-corrected chi connectivity index (χ0v) is 12.7. The molecule has 0 aliphatic carbocycles. The van der Waals surface area contributed by atoms with E-state index in [1.807, 2.05) is 34.5 Å². The van der Waals surface area contributed by atoms with Crippen molar-refractivity contribution in [2.45, 2.75) is 18.6 Å². The fourth-order valence-corrected chi connectivity index (χ4v) is 2.95. The van der Waals surface area contributed by atoms with Gasteiger partial charge in [0.15, 0.2) is 0 Å². The Morgan fingerprint density at radius 1 is 1.30 bits per heavy atom. The number of carbonyl (C=O) groups is 1. The van der Waals surface area contributed by atoms with E-state index in [9.17, 15) is 4.79 Å². The van der Waals surface area contributed by atoms with Gasteiger partial charge in [0.25, 0.3) is 5.91 Å². The molecule has 0 radical (unpaired) electrons. The first-order valence-electron chi connectivity index (χ1n) is 7.55. The van der Waals surface area contributed by atoms with Crippen LogP contribution in [0.25, 0.3) is 5.65 Å². The third kappa shape index (κ3) is 2.49. The maximum Gasteiger partial charge on any atom is 0.253 e. The van der Waals surface area contributed by atoms with E-state index in [0.717, 1.165) is 17.9 Å². The van der Waals surface area contributed by atoms with Crippen LogP contribution in [0.3, 0.4) is 0 Å². The summed E-state index contributed by atoms with van der Waals surface area (Å²) in [6.07, 6.45) is 9.49. The van der Waals surface area contributed by atoms with E-state index < -0.39 is 0 Å². The van der Waals surface area contributed by atoms with Crippen LogP contribution >= 0.6 is 0 Å². The van der Waals surface area contributed by atoms with Gasteiger partial charge in [-0.1, -0.05) is 0 Å². The second-order valence-electron chi connectivity index (χ2n) is 5.67. The predicted octanol–water partition coefficient (Wildman–Crippen LogP) is 1.33. The summed E-state index contributed by atoms with van der Waals surface area (Å²) in [5.41, 5.74) is 1.41. The average molecular weight is 311 g/mol. The van der Waals surface area contributed by atoms with Gasteiger partial charge in [0.2, 0.25) is 0 Å². The van der Waals surface area contributed by atoms with Gasteiger partial charge in [0.05, 0.1) is 11.6 Å². The SMILES string of the molecule is Cn1ccnc1[C@H]1OCC[C@@H]1NC(=O)c1ccc2nccn2c1. The van der Waals surface area contributed by atoms with Gasteiger partial charge in [-0.15, -0.1) is 0 Å². The molecular formula is C16H17N5O2. The van der Waals surface area contributed by atoms with Crippen LogP contribution in [0.2, 0.25) is 0 Å². The highest BCUT2D eigenvalue weighted by atomic mass is 16.5. The third-order valence-electron chi connectivity index (χ3n) is 4.17. The van der Waals surface area contributed by atoms with Gasteiger partial charge >= 0.3 is 0 Å². The summed E-state index contributed by atoms with van der Waals surface area (Å²) in [5, 5.41) is 3.07. The van der Waals surface area contributed by atoms with Crippen molar-refractivity contribution in [3.63, 3.8) is 0 Å². The predicted molar refractivity (Wildman–Crippen MR) is 83.0 cm³/mol. The zero-order chi connectivity index (χ0) is 15.8. The van der Waals surface area contributed by atoms with Crippen molar-refractivity contribution in [2.75, 3.05) is 6.61 Å². The van der Waals surface area contributed by atoms with E-state index in [1.54, 1.807) is 24.7 Å². The zero-order valence-electron chi connectivity index (χ0n) is 12.7. The average Bonchev–Trinajstić information content (AvgIpc) is 3.26. The highest BCUT2D eigenvalue weighted by Gasteiger charge is 2.33. The number of nitrogens with one attached hydrogen (secondary N) is 1. The largest absolute Gasteiger partial charge is 0.368 e. The highest BCUT2D eigenvalue weighted by molar-refractivity contribution is 5.94. The molecule has 7 nitrogen and oxygen atoms in total. The van der Waals surface area contributed by atoms with Crippen molar-refractivity contribution in [1.29, 1.82) is 0 Å². The summed E-state index contributed by atoms with van der Waals surface area (Å²) >= 11 is 0. The highest BCUT2D eigenvalue weighted by Crippen LogP contribution is 2.28. The second kappa shape index (κ2) is 5.51. The Hall–Kier alpha value is -2.67. The molecule has 1 N–H and O–H groups in total. The molecule has 7 heteroatoms. The molecule has 0 saturated carbocycles. The van der Waals surface area contributed by atoms with E-state index in [-0.39, 0.29) is 18.1 Å². The Balaban J connectivity index is 1.54. The molecule has 1 aliphatic rings. The summed E-state index contributed by atoms with van der Waals surface area (Å²) in [7, 11) is 1.93. The number of carbonyl (C=O) groups excluding carboxylic acids is 1. The lowest BCUT2D eigenvalue weighted by molar-refractivity contribution is 0.0779. The number of fused-ring (bicyclic) bond motifs is 1. The number of aromatic nitrogens is 4. The van der Waals surface area contributed by atoms with Gasteiger partial charge in [0.1, 0.15) is 17.6 Å². The summed E-state index contributed by atoms with van der Waals surface area (Å²) in [4.78, 5) is 21.1. The topological polar surface area (TPSA) is 73.4 Å². The van der Waals surface area contributed by atoms with E-state index in [2.05, 4.69) is 15.3 Å². The smallest absolute Gasteiger partial charge is 0.253 e. The maximum atomic E-state index is 12.5. The van der Waals surface area contributed by atoms with Crippen LogP contribution in [0.1, 0.15) is 28.7 Å². The van der Waals surface area contributed by atoms with Crippen molar-refractivity contribution in [2.24, 2.45) is 7.05 Å². The minimum Gasteiger partial charge on any atom is -0.368 e. The third-order valence-corrected chi connectivity index (χ3v) is 4.17. The maximum absolute atomic E-state index is 12.5. The summed E-state index contributed by atoms with van der Waals surface area (Å²) in [6, 6.07) is 3.53. The van der Waals surface area contributed by atoms with Crippen molar-refractivity contribution < 1.29 is 9.53 Å². The molecule has 0 unspecified atom stereocenters. The Kier molecular flexibility index (Phi) is 3.34. The fourth-order valence-electron chi connectivity index (χ4n) is 2.95. The van der Waals surface area contributed by atoms with Gasteiger partial charge in [-0.2, -0.15) is 0 Å². The molecule has 4 heterocycles. The lowest BCUT2D eigenvalue weighted by atomic mass is 10.1. The first kappa shape index (κ1) is 14.0. The number of aryl methyl sites for hydroxylation is 1. The van der Waals surface area contributed by atoms with Crippen molar-refractivity contribution in [1.82, 2.24) is 24.3 Å². The fraction of sp³-hybridized carbons (Fsp3) is 0.312. The summed E-state index contributed by atoms with van der Waals surface area (Å²) < 4.78 is 9.53. The molecule has 1 saturated heterocycles. The molecule has 4 rings (SSSR count). The number of imidazole rings is 2. The van der Waals surface area contributed by atoms with E-state index in [0.29, 0.717) is 12.2 Å². The Morgan fingerprint density at radius 3 is 3.00 bits per heavy atom. The van der Waals surface area contributed by atoms with Gasteiger partial charge in [-0.05, 0) is 18.6 Å². The number of ether oxygens (including phenoxy) is 1. The normalized spacial score (nSPS) is 20.9.